The van der Waals surface area contributed by atoms with Crippen molar-refractivity contribution in [1.82, 2.24) is 4.98 Å². The summed E-state index contributed by atoms with van der Waals surface area (Å²) in [5.41, 5.74) is 0.186. The zero-order chi connectivity index (χ0) is 14.5. The maximum absolute atomic E-state index is 11.5. The van der Waals surface area contributed by atoms with Crippen LogP contribution in [0.15, 0.2) is 30.5 Å². The third kappa shape index (κ3) is 2.90. The molecule has 0 bridgehead atoms. The summed E-state index contributed by atoms with van der Waals surface area (Å²) in [7, 11) is 0. The highest BCUT2D eigenvalue weighted by Gasteiger charge is 2.16. The Bertz CT molecular complexity index is 655. The Kier molecular flexibility index (Phi) is 4.24. The fraction of sp³-hybridized carbons (Fsp3) is 0.286. The maximum atomic E-state index is 11.5. The minimum Gasteiger partial charge on any atom is -0.485 e. The molecular weight excluding hydrogens is 260 g/mol. The monoisotopic (exact) mass is 274 g/mol. The average Bonchev–Trinajstić information content (AvgIpc) is 2.44. The predicted octanol–water partition coefficient (Wildman–Crippen LogP) is 2.89. The summed E-state index contributed by atoms with van der Waals surface area (Å²) in [6.45, 7) is 1.89. The number of Topliss-reactive ketones (excluding diaryl/α,β-unsaturated/α-hetero) is 1. The molecule has 0 atom stereocenters. The number of benzene rings is 1. The number of carbonyl (C=O) groups excluding carboxylic acids is 1. The quantitative estimate of drug-likeness (QED) is 0.597. The molecule has 20 heavy (non-hydrogen) atoms. The van der Waals surface area contributed by atoms with Gasteiger partial charge >= 0.3 is 0 Å². The van der Waals surface area contributed by atoms with Gasteiger partial charge in [0.25, 0.3) is 5.69 Å². The van der Waals surface area contributed by atoms with Crippen LogP contribution < -0.4 is 4.74 Å². The molecule has 1 aromatic carbocycles. The lowest BCUT2D eigenvalue weighted by atomic mass is 10.1. The van der Waals surface area contributed by atoms with E-state index in [1.165, 1.54) is 18.3 Å². The van der Waals surface area contributed by atoms with E-state index in [0.717, 1.165) is 6.42 Å². The van der Waals surface area contributed by atoms with Crippen molar-refractivity contribution in [3.63, 3.8) is 0 Å². The van der Waals surface area contributed by atoms with Gasteiger partial charge in [0, 0.05) is 24.1 Å². The Labute approximate surface area is 115 Å². The number of carbonyl (C=O) groups is 1. The second kappa shape index (κ2) is 6.10. The number of nitro groups is 1. The third-order valence-corrected chi connectivity index (χ3v) is 2.82. The first-order chi connectivity index (χ1) is 9.63. The van der Waals surface area contributed by atoms with Crippen molar-refractivity contribution in [2.45, 2.75) is 19.8 Å². The van der Waals surface area contributed by atoms with Crippen LogP contribution in [0.1, 0.15) is 19.8 Å². The van der Waals surface area contributed by atoms with Crippen molar-refractivity contribution in [3.8, 4) is 5.75 Å². The van der Waals surface area contributed by atoms with E-state index in [0.29, 0.717) is 17.6 Å². The number of ketones is 1. The first kappa shape index (κ1) is 13.9. The number of fused-ring (bicyclic) bond motifs is 1. The predicted molar refractivity (Wildman–Crippen MR) is 73.8 cm³/mol. The molecule has 0 spiro atoms. The standard InChI is InChI=1S/C14H14N2O4/c1-2-4-10(17)9-20-13-7-6-12(16(18)19)14-11(13)5-3-8-15-14/h3,5-8H,2,4,9H2,1H3. The molecule has 0 fully saturated rings. The highest BCUT2D eigenvalue weighted by Crippen LogP contribution is 2.31. The highest BCUT2D eigenvalue weighted by atomic mass is 16.6. The van der Waals surface area contributed by atoms with Gasteiger partial charge in [0.15, 0.2) is 11.3 Å². The number of ether oxygens (including phenoxy) is 1. The third-order valence-electron chi connectivity index (χ3n) is 2.82. The lowest BCUT2D eigenvalue weighted by Gasteiger charge is -2.08. The molecule has 104 valence electrons. The molecule has 0 N–H and O–H groups in total. The lowest BCUT2D eigenvalue weighted by Crippen LogP contribution is -2.10. The number of rotatable bonds is 6. The molecular formula is C14H14N2O4. The Morgan fingerprint density at radius 1 is 1.40 bits per heavy atom. The summed E-state index contributed by atoms with van der Waals surface area (Å²) >= 11 is 0. The van der Waals surface area contributed by atoms with E-state index >= 15 is 0 Å². The summed E-state index contributed by atoms with van der Waals surface area (Å²) in [5.74, 6) is 0.436. The molecule has 0 saturated carbocycles. The normalized spacial score (nSPS) is 10.4. The Morgan fingerprint density at radius 3 is 2.90 bits per heavy atom. The van der Waals surface area contributed by atoms with E-state index in [9.17, 15) is 14.9 Å². The molecule has 6 heteroatoms. The van der Waals surface area contributed by atoms with Gasteiger partial charge in [-0.1, -0.05) is 6.92 Å². The van der Waals surface area contributed by atoms with Gasteiger partial charge in [0.1, 0.15) is 12.4 Å². The molecule has 0 saturated heterocycles. The number of nitrogens with zero attached hydrogens (tertiary/aromatic N) is 2. The van der Waals surface area contributed by atoms with Crippen LogP contribution in [0.25, 0.3) is 10.9 Å². The summed E-state index contributed by atoms with van der Waals surface area (Å²) in [6, 6.07) is 6.21. The van der Waals surface area contributed by atoms with E-state index in [4.69, 9.17) is 4.74 Å². The van der Waals surface area contributed by atoms with Crippen LogP contribution in [0.5, 0.6) is 5.75 Å². The molecule has 2 aromatic rings. The molecule has 2 rings (SSSR count). The van der Waals surface area contributed by atoms with Gasteiger partial charge < -0.3 is 4.74 Å². The summed E-state index contributed by atoms with van der Waals surface area (Å²) in [5, 5.41) is 11.5. The van der Waals surface area contributed by atoms with Crippen molar-refractivity contribution >= 4 is 22.4 Å². The minimum absolute atomic E-state index is 0.00268. The molecule has 0 unspecified atom stereocenters. The molecule has 6 nitrogen and oxygen atoms in total. The maximum Gasteiger partial charge on any atom is 0.295 e. The van der Waals surface area contributed by atoms with Gasteiger partial charge in [-0.05, 0) is 24.6 Å². The summed E-state index contributed by atoms with van der Waals surface area (Å²) in [6.07, 6.45) is 2.72. The van der Waals surface area contributed by atoms with E-state index in [1.54, 1.807) is 12.1 Å². The zero-order valence-electron chi connectivity index (χ0n) is 11.0. The number of hydrogen-bond acceptors (Lipinski definition) is 5. The number of pyridine rings is 1. The molecule has 0 aliphatic rings. The molecule has 1 aromatic heterocycles. The van der Waals surface area contributed by atoms with Gasteiger partial charge in [-0.3, -0.25) is 14.9 Å². The van der Waals surface area contributed by atoms with Gasteiger partial charge in [-0.2, -0.15) is 0 Å². The van der Waals surface area contributed by atoms with Crippen molar-refractivity contribution in [2.24, 2.45) is 0 Å². The molecule has 0 radical (unpaired) electrons. The smallest absolute Gasteiger partial charge is 0.295 e. The van der Waals surface area contributed by atoms with Gasteiger partial charge in [0.2, 0.25) is 0 Å². The van der Waals surface area contributed by atoms with E-state index in [1.807, 2.05) is 6.92 Å². The Morgan fingerprint density at radius 2 is 2.20 bits per heavy atom. The number of aromatic nitrogens is 1. The Hall–Kier alpha value is -2.50. The number of hydrogen-bond donors (Lipinski definition) is 0. The zero-order valence-corrected chi connectivity index (χ0v) is 11.0. The summed E-state index contributed by atoms with van der Waals surface area (Å²) < 4.78 is 5.46. The first-order valence-electron chi connectivity index (χ1n) is 6.30. The number of nitro benzene ring substituents is 1. The average molecular weight is 274 g/mol. The lowest BCUT2D eigenvalue weighted by molar-refractivity contribution is -0.383. The van der Waals surface area contributed by atoms with Crippen LogP contribution >= 0.6 is 0 Å². The van der Waals surface area contributed by atoms with Crippen molar-refractivity contribution in [1.29, 1.82) is 0 Å². The SMILES string of the molecule is CCCC(=O)COc1ccc([N+](=O)[O-])c2ncccc12. The van der Waals surface area contributed by atoms with E-state index in [-0.39, 0.29) is 23.6 Å². The first-order valence-corrected chi connectivity index (χ1v) is 6.30. The van der Waals surface area contributed by atoms with Gasteiger partial charge in [0.05, 0.1) is 4.92 Å². The second-order valence-corrected chi connectivity index (χ2v) is 4.32. The summed E-state index contributed by atoms with van der Waals surface area (Å²) in [4.78, 5) is 26.0. The second-order valence-electron chi connectivity index (χ2n) is 4.32. The van der Waals surface area contributed by atoms with Crippen molar-refractivity contribution < 1.29 is 14.5 Å². The molecule has 0 aliphatic carbocycles. The highest BCUT2D eigenvalue weighted by molar-refractivity contribution is 5.92. The van der Waals surface area contributed by atoms with Gasteiger partial charge in [-0.15, -0.1) is 0 Å². The van der Waals surface area contributed by atoms with Crippen LogP contribution in [0, 0.1) is 10.1 Å². The molecule has 0 aliphatic heterocycles. The van der Waals surface area contributed by atoms with E-state index in [2.05, 4.69) is 4.98 Å². The fourth-order valence-corrected chi connectivity index (χ4v) is 1.91. The number of non-ortho nitro benzene ring substituents is 1. The van der Waals surface area contributed by atoms with Gasteiger partial charge in [-0.25, -0.2) is 4.98 Å². The largest absolute Gasteiger partial charge is 0.485 e. The topological polar surface area (TPSA) is 82.3 Å². The van der Waals surface area contributed by atoms with Crippen molar-refractivity contribution in [3.05, 3.63) is 40.6 Å². The molecule has 1 heterocycles. The Balaban J connectivity index is 2.33. The van der Waals surface area contributed by atoms with Crippen LogP contribution in [-0.2, 0) is 4.79 Å². The van der Waals surface area contributed by atoms with Crippen LogP contribution in [-0.4, -0.2) is 22.3 Å². The van der Waals surface area contributed by atoms with Crippen molar-refractivity contribution in [2.75, 3.05) is 6.61 Å². The van der Waals surface area contributed by atoms with Crippen LogP contribution in [0.4, 0.5) is 5.69 Å². The fourth-order valence-electron chi connectivity index (χ4n) is 1.91. The van der Waals surface area contributed by atoms with Crippen LogP contribution in [0.2, 0.25) is 0 Å². The van der Waals surface area contributed by atoms with E-state index < -0.39 is 4.92 Å². The molecule has 0 amide bonds. The minimum atomic E-state index is -0.485. The van der Waals surface area contributed by atoms with Crippen LogP contribution in [0.3, 0.4) is 0 Å².